The number of benzene rings is 1. The Kier molecular flexibility index (Phi) is 4.15. The second kappa shape index (κ2) is 5.16. The lowest BCUT2D eigenvalue weighted by molar-refractivity contribution is 0.623. The van der Waals surface area contributed by atoms with Gasteiger partial charge in [0.25, 0.3) is 0 Å². The summed E-state index contributed by atoms with van der Waals surface area (Å²) in [5.41, 5.74) is 1.54. The first-order valence-corrected chi connectivity index (χ1v) is 5.21. The molecule has 0 heterocycles. The third kappa shape index (κ3) is 2.36. The van der Waals surface area contributed by atoms with Gasteiger partial charge in [-0.3, -0.25) is 0 Å². The Morgan fingerprint density at radius 2 is 2.14 bits per heavy atom. The molecule has 2 heteroatoms. The van der Waals surface area contributed by atoms with Crippen molar-refractivity contribution in [2.45, 2.75) is 26.7 Å². The van der Waals surface area contributed by atoms with E-state index in [2.05, 4.69) is 0 Å². The van der Waals surface area contributed by atoms with E-state index in [1.54, 1.807) is 12.1 Å². The molecule has 0 fully saturated rings. The molecule has 1 aromatic rings. The van der Waals surface area contributed by atoms with E-state index in [1.807, 2.05) is 19.9 Å². The van der Waals surface area contributed by atoms with Crippen LogP contribution in [0.15, 0.2) is 24.3 Å². The highest BCUT2D eigenvalue weighted by atomic mass is 35.5. The average Bonchev–Trinajstić information content (AvgIpc) is 2.16. The van der Waals surface area contributed by atoms with E-state index in [1.165, 1.54) is 6.07 Å². The van der Waals surface area contributed by atoms with Crippen molar-refractivity contribution in [3.05, 3.63) is 40.7 Å². The zero-order chi connectivity index (χ0) is 10.6. The molecular weight excluding hydrogens is 199 g/mol. The summed E-state index contributed by atoms with van der Waals surface area (Å²) < 4.78 is 13.5. The van der Waals surface area contributed by atoms with Crippen LogP contribution in [0.1, 0.15) is 32.3 Å². The summed E-state index contributed by atoms with van der Waals surface area (Å²) in [6.45, 7) is 4.04. The van der Waals surface area contributed by atoms with Crippen LogP contribution in [-0.4, -0.2) is 0 Å². The summed E-state index contributed by atoms with van der Waals surface area (Å²) >= 11 is 5.96. The number of hydrogen-bond donors (Lipinski definition) is 0. The maximum Gasteiger partial charge on any atom is 0.132 e. The highest BCUT2D eigenvalue weighted by Gasteiger charge is 2.09. The lowest BCUT2D eigenvalue weighted by atomic mass is 10.0. The fourth-order valence-electron chi connectivity index (χ4n) is 1.47. The van der Waals surface area contributed by atoms with E-state index in [0.717, 1.165) is 18.4 Å². The van der Waals surface area contributed by atoms with Crippen molar-refractivity contribution >= 4 is 17.2 Å². The first kappa shape index (κ1) is 11.3. The third-order valence-electron chi connectivity index (χ3n) is 2.12. The molecule has 0 radical (unpaired) electrons. The SMILES string of the molecule is CC/C=C(\CC)c1c(F)cccc1Cl. The summed E-state index contributed by atoms with van der Waals surface area (Å²) in [5, 5.41) is 0.492. The third-order valence-corrected chi connectivity index (χ3v) is 2.43. The quantitative estimate of drug-likeness (QED) is 0.682. The predicted octanol–water partition coefficient (Wildman–Crippen LogP) is 4.68. The molecule has 0 atom stereocenters. The topological polar surface area (TPSA) is 0 Å². The van der Waals surface area contributed by atoms with Crippen LogP contribution in [0, 0.1) is 5.82 Å². The number of hydrogen-bond acceptors (Lipinski definition) is 0. The van der Waals surface area contributed by atoms with Gasteiger partial charge in [-0.1, -0.05) is 37.6 Å². The number of allylic oxidation sites excluding steroid dienone is 2. The van der Waals surface area contributed by atoms with E-state index in [4.69, 9.17) is 11.6 Å². The minimum Gasteiger partial charge on any atom is -0.206 e. The van der Waals surface area contributed by atoms with Crippen LogP contribution in [0.3, 0.4) is 0 Å². The molecule has 76 valence electrons. The number of halogens is 2. The van der Waals surface area contributed by atoms with E-state index in [-0.39, 0.29) is 5.82 Å². The molecule has 1 rings (SSSR count). The predicted molar refractivity (Wildman–Crippen MR) is 60.0 cm³/mol. The summed E-state index contributed by atoms with van der Waals surface area (Å²) in [7, 11) is 0. The van der Waals surface area contributed by atoms with Crippen LogP contribution >= 0.6 is 11.6 Å². The molecule has 0 aliphatic heterocycles. The molecule has 0 N–H and O–H groups in total. The Labute approximate surface area is 89.4 Å². The van der Waals surface area contributed by atoms with Crippen molar-refractivity contribution in [1.82, 2.24) is 0 Å². The van der Waals surface area contributed by atoms with Gasteiger partial charge in [-0.15, -0.1) is 0 Å². The Balaban J connectivity index is 3.22. The molecule has 0 saturated heterocycles. The van der Waals surface area contributed by atoms with Crippen molar-refractivity contribution in [3.8, 4) is 0 Å². The molecule has 0 bridgehead atoms. The van der Waals surface area contributed by atoms with E-state index in [0.29, 0.717) is 10.6 Å². The normalized spacial score (nSPS) is 11.9. The van der Waals surface area contributed by atoms with Gasteiger partial charge in [0.05, 0.1) is 5.02 Å². The molecule has 0 aromatic heterocycles. The molecule has 1 aromatic carbocycles. The molecule has 0 spiro atoms. The van der Waals surface area contributed by atoms with Gasteiger partial charge in [0.1, 0.15) is 5.82 Å². The average molecular weight is 213 g/mol. The molecule has 14 heavy (non-hydrogen) atoms. The molecule has 0 aliphatic carbocycles. The fraction of sp³-hybridized carbons (Fsp3) is 0.333. The van der Waals surface area contributed by atoms with Crippen LogP contribution in [0.5, 0.6) is 0 Å². The minimum absolute atomic E-state index is 0.237. The Morgan fingerprint density at radius 1 is 1.43 bits per heavy atom. The zero-order valence-corrected chi connectivity index (χ0v) is 9.24. The van der Waals surface area contributed by atoms with Crippen LogP contribution in [0.4, 0.5) is 4.39 Å². The summed E-state index contributed by atoms with van der Waals surface area (Å²) in [5.74, 6) is -0.237. The molecule has 0 amide bonds. The van der Waals surface area contributed by atoms with Crippen LogP contribution in [-0.2, 0) is 0 Å². The standard InChI is InChI=1S/C12H14ClF/c1-3-6-9(4-2)12-10(13)7-5-8-11(12)14/h5-8H,3-4H2,1-2H3/b9-6+. The first-order valence-electron chi connectivity index (χ1n) is 4.84. The van der Waals surface area contributed by atoms with Crippen LogP contribution in [0.2, 0.25) is 5.02 Å². The van der Waals surface area contributed by atoms with E-state index in [9.17, 15) is 4.39 Å². The maximum atomic E-state index is 13.5. The molecule has 0 nitrogen and oxygen atoms in total. The Bertz CT molecular complexity index is 322. The highest BCUT2D eigenvalue weighted by Crippen LogP contribution is 2.28. The van der Waals surface area contributed by atoms with Crippen LogP contribution in [0.25, 0.3) is 5.57 Å². The van der Waals surface area contributed by atoms with Crippen molar-refractivity contribution in [1.29, 1.82) is 0 Å². The summed E-state index contributed by atoms with van der Waals surface area (Å²) in [6.07, 6.45) is 3.71. The molecule has 0 saturated carbocycles. The van der Waals surface area contributed by atoms with Gasteiger partial charge < -0.3 is 0 Å². The summed E-state index contributed by atoms with van der Waals surface area (Å²) in [6, 6.07) is 4.79. The van der Waals surface area contributed by atoms with Crippen LogP contribution < -0.4 is 0 Å². The van der Waals surface area contributed by atoms with Crippen molar-refractivity contribution < 1.29 is 4.39 Å². The first-order chi connectivity index (χ1) is 6.70. The smallest absolute Gasteiger partial charge is 0.132 e. The van der Waals surface area contributed by atoms with Gasteiger partial charge in [-0.25, -0.2) is 4.39 Å². The summed E-state index contributed by atoms with van der Waals surface area (Å²) in [4.78, 5) is 0. The zero-order valence-electron chi connectivity index (χ0n) is 8.48. The number of rotatable bonds is 3. The lowest BCUT2D eigenvalue weighted by Crippen LogP contribution is -1.90. The molecular formula is C12H14ClF. The molecule has 0 aliphatic rings. The van der Waals surface area contributed by atoms with Gasteiger partial charge >= 0.3 is 0 Å². The van der Waals surface area contributed by atoms with E-state index < -0.39 is 0 Å². The maximum absolute atomic E-state index is 13.5. The van der Waals surface area contributed by atoms with Crippen molar-refractivity contribution in [2.24, 2.45) is 0 Å². The van der Waals surface area contributed by atoms with Gasteiger partial charge in [-0.05, 0) is 30.5 Å². The van der Waals surface area contributed by atoms with Gasteiger partial charge in [0.2, 0.25) is 0 Å². The second-order valence-electron chi connectivity index (χ2n) is 3.09. The second-order valence-corrected chi connectivity index (χ2v) is 3.50. The Morgan fingerprint density at radius 3 is 2.64 bits per heavy atom. The minimum atomic E-state index is -0.237. The van der Waals surface area contributed by atoms with Gasteiger partial charge in [0, 0.05) is 5.56 Å². The van der Waals surface area contributed by atoms with Gasteiger partial charge in [0.15, 0.2) is 0 Å². The lowest BCUT2D eigenvalue weighted by Gasteiger charge is -2.08. The molecule has 0 unspecified atom stereocenters. The fourth-order valence-corrected chi connectivity index (χ4v) is 1.76. The van der Waals surface area contributed by atoms with Gasteiger partial charge in [-0.2, -0.15) is 0 Å². The highest BCUT2D eigenvalue weighted by molar-refractivity contribution is 6.32. The van der Waals surface area contributed by atoms with Crippen molar-refractivity contribution in [3.63, 3.8) is 0 Å². The Hall–Kier alpha value is -0.820. The largest absolute Gasteiger partial charge is 0.206 e. The van der Waals surface area contributed by atoms with Crippen molar-refractivity contribution in [2.75, 3.05) is 0 Å². The monoisotopic (exact) mass is 212 g/mol. The van der Waals surface area contributed by atoms with E-state index >= 15 is 0 Å².